The molecule has 1 N–H and O–H groups in total. The average molecular weight is 334 g/mol. The second-order valence-electron chi connectivity index (χ2n) is 5.55. The Morgan fingerprint density at radius 2 is 1.61 bits per heavy atom. The largest absolute Gasteiger partial charge is 0.217 e. The van der Waals surface area contributed by atoms with Gasteiger partial charge in [0.2, 0.25) is 10.0 Å². The third-order valence-electron chi connectivity index (χ3n) is 2.84. The van der Waals surface area contributed by atoms with Gasteiger partial charge in [0.05, 0.1) is 10.3 Å². The molecule has 0 spiro atoms. The van der Waals surface area contributed by atoms with Crippen LogP contribution in [0.4, 0.5) is 0 Å². The fraction of sp³-hybridized carbons (Fsp3) is 0.538. The molecule has 0 amide bonds. The van der Waals surface area contributed by atoms with E-state index in [1.807, 2.05) is 37.3 Å². The van der Waals surface area contributed by atoms with Gasteiger partial charge in [-0.25, -0.2) is 13.1 Å². The highest BCUT2D eigenvalue weighted by Gasteiger charge is 2.37. The molecule has 5 heteroatoms. The Hall–Kier alpha value is -0.390. The smallest absolute Gasteiger partial charge is 0.212 e. The van der Waals surface area contributed by atoms with E-state index in [4.69, 9.17) is 0 Å². The van der Waals surface area contributed by atoms with Crippen molar-refractivity contribution in [1.82, 2.24) is 4.72 Å². The molecule has 0 aliphatic rings. The number of halogens is 1. The highest BCUT2D eigenvalue weighted by Crippen LogP contribution is 2.26. The van der Waals surface area contributed by atoms with Crippen LogP contribution in [-0.4, -0.2) is 18.5 Å². The maximum Gasteiger partial charge on any atom is 0.217 e. The fourth-order valence-corrected chi connectivity index (χ4v) is 3.16. The predicted molar refractivity (Wildman–Crippen MR) is 79.4 cm³/mol. The molecular formula is C13H20BrNO2S. The van der Waals surface area contributed by atoms with Crippen LogP contribution in [0.5, 0.6) is 0 Å². The van der Waals surface area contributed by atoms with E-state index in [1.54, 1.807) is 20.8 Å². The van der Waals surface area contributed by atoms with E-state index < -0.39 is 20.3 Å². The van der Waals surface area contributed by atoms with Crippen molar-refractivity contribution in [1.29, 1.82) is 0 Å². The van der Waals surface area contributed by atoms with E-state index in [9.17, 15) is 8.42 Å². The molecule has 0 radical (unpaired) electrons. The van der Waals surface area contributed by atoms with E-state index in [1.165, 1.54) is 0 Å². The number of alkyl halides is 1. The zero-order valence-corrected chi connectivity index (χ0v) is 13.6. The van der Waals surface area contributed by atoms with Gasteiger partial charge in [-0.1, -0.05) is 46.3 Å². The van der Waals surface area contributed by atoms with Gasteiger partial charge in [-0.3, -0.25) is 0 Å². The molecule has 0 bridgehead atoms. The molecular weight excluding hydrogens is 314 g/mol. The Morgan fingerprint density at radius 3 is 2.00 bits per heavy atom. The maximum absolute atomic E-state index is 12.3. The standard InChI is InChI=1S/C13H20BrNO2S/c1-12(2,3)18(16,17)15-13(4,10-14)11-8-6-5-7-9-11/h5-9,15H,10H2,1-4H3. The molecule has 0 fully saturated rings. The molecule has 102 valence electrons. The summed E-state index contributed by atoms with van der Waals surface area (Å²) in [4.78, 5) is 0. The normalized spacial score (nSPS) is 16.3. The molecule has 3 nitrogen and oxygen atoms in total. The molecule has 0 aromatic heterocycles. The summed E-state index contributed by atoms with van der Waals surface area (Å²) in [7, 11) is -3.40. The van der Waals surface area contributed by atoms with Gasteiger partial charge < -0.3 is 0 Å². The number of benzene rings is 1. The summed E-state index contributed by atoms with van der Waals surface area (Å²) in [5.41, 5.74) is 0.294. The maximum atomic E-state index is 12.3. The molecule has 1 aromatic carbocycles. The van der Waals surface area contributed by atoms with Gasteiger partial charge in [-0.05, 0) is 33.3 Å². The van der Waals surface area contributed by atoms with E-state index >= 15 is 0 Å². The first kappa shape index (κ1) is 15.7. The van der Waals surface area contributed by atoms with Gasteiger partial charge in [0.15, 0.2) is 0 Å². The third-order valence-corrected chi connectivity index (χ3v) is 6.30. The highest BCUT2D eigenvalue weighted by atomic mass is 79.9. The van der Waals surface area contributed by atoms with E-state index in [0.717, 1.165) is 5.56 Å². The highest BCUT2D eigenvalue weighted by molar-refractivity contribution is 9.09. The van der Waals surface area contributed by atoms with Crippen molar-refractivity contribution in [3.63, 3.8) is 0 Å². The summed E-state index contributed by atoms with van der Waals surface area (Å²) < 4.78 is 26.5. The van der Waals surface area contributed by atoms with Crippen LogP contribution in [-0.2, 0) is 15.6 Å². The first-order valence-electron chi connectivity index (χ1n) is 5.77. The Morgan fingerprint density at radius 1 is 1.11 bits per heavy atom. The quantitative estimate of drug-likeness (QED) is 0.861. The lowest BCUT2D eigenvalue weighted by molar-refractivity contribution is 0.465. The van der Waals surface area contributed by atoms with Gasteiger partial charge >= 0.3 is 0 Å². The fourth-order valence-electron chi connectivity index (χ4n) is 1.42. The number of hydrogen-bond donors (Lipinski definition) is 1. The SMILES string of the molecule is CC(CBr)(NS(=O)(=O)C(C)(C)C)c1ccccc1. The molecule has 0 heterocycles. The van der Waals surface area contributed by atoms with Crippen LogP contribution < -0.4 is 4.72 Å². The Kier molecular flexibility index (Phi) is 4.62. The molecule has 1 rings (SSSR count). The lowest BCUT2D eigenvalue weighted by atomic mass is 9.96. The number of sulfonamides is 1. The van der Waals surface area contributed by atoms with Crippen LogP contribution in [0, 0.1) is 0 Å². The topological polar surface area (TPSA) is 46.2 Å². The van der Waals surface area contributed by atoms with Crippen molar-refractivity contribution in [2.45, 2.75) is 38.0 Å². The van der Waals surface area contributed by atoms with Crippen LogP contribution in [0.2, 0.25) is 0 Å². The van der Waals surface area contributed by atoms with Gasteiger partial charge in [-0.15, -0.1) is 0 Å². The summed E-state index contributed by atoms with van der Waals surface area (Å²) in [6, 6.07) is 9.57. The number of hydrogen-bond acceptors (Lipinski definition) is 2. The molecule has 0 saturated heterocycles. The summed E-state index contributed by atoms with van der Waals surface area (Å²) in [5, 5.41) is 0.513. The van der Waals surface area contributed by atoms with Crippen LogP contribution >= 0.6 is 15.9 Å². The summed E-state index contributed by atoms with van der Waals surface area (Å²) in [6.07, 6.45) is 0. The van der Waals surface area contributed by atoms with Crippen LogP contribution in [0.25, 0.3) is 0 Å². The van der Waals surface area contributed by atoms with E-state index in [2.05, 4.69) is 20.7 Å². The molecule has 0 aliphatic heterocycles. The van der Waals surface area contributed by atoms with Gasteiger partial charge in [0, 0.05) is 5.33 Å². The second kappa shape index (κ2) is 5.31. The lowest BCUT2D eigenvalue weighted by Gasteiger charge is -2.32. The molecule has 1 unspecified atom stereocenters. The van der Waals surface area contributed by atoms with Gasteiger partial charge in [-0.2, -0.15) is 0 Å². The van der Waals surface area contributed by atoms with Crippen molar-refractivity contribution in [3.8, 4) is 0 Å². The molecule has 1 aromatic rings. The van der Waals surface area contributed by atoms with Gasteiger partial charge in [0.25, 0.3) is 0 Å². The van der Waals surface area contributed by atoms with Crippen molar-refractivity contribution in [3.05, 3.63) is 35.9 Å². The molecule has 0 saturated carbocycles. The number of rotatable bonds is 4. The Labute approximate surface area is 118 Å². The van der Waals surface area contributed by atoms with Crippen molar-refractivity contribution in [2.75, 3.05) is 5.33 Å². The lowest BCUT2D eigenvalue weighted by Crippen LogP contribution is -2.50. The van der Waals surface area contributed by atoms with Crippen molar-refractivity contribution < 1.29 is 8.42 Å². The zero-order valence-electron chi connectivity index (χ0n) is 11.2. The number of nitrogens with one attached hydrogen (secondary N) is 1. The summed E-state index contributed by atoms with van der Waals surface area (Å²) in [5.74, 6) is 0. The first-order valence-corrected chi connectivity index (χ1v) is 8.38. The third kappa shape index (κ3) is 3.33. The predicted octanol–water partition coefficient (Wildman–Crippen LogP) is 3.01. The Bertz CT molecular complexity index is 493. The van der Waals surface area contributed by atoms with E-state index in [0.29, 0.717) is 5.33 Å². The summed E-state index contributed by atoms with van der Waals surface area (Å²) in [6.45, 7) is 6.94. The monoisotopic (exact) mass is 333 g/mol. The Balaban J connectivity index is 3.13. The van der Waals surface area contributed by atoms with Crippen LogP contribution in [0.15, 0.2) is 30.3 Å². The minimum absolute atomic E-state index is 0.513. The van der Waals surface area contributed by atoms with Crippen molar-refractivity contribution in [2.24, 2.45) is 0 Å². The zero-order chi connectivity index (χ0) is 14.0. The average Bonchev–Trinajstić information content (AvgIpc) is 2.28. The molecule has 0 aliphatic carbocycles. The van der Waals surface area contributed by atoms with E-state index in [-0.39, 0.29) is 0 Å². The van der Waals surface area contributed by atoms with Crippen LogP contribution in [0.3, 0.4) is 0 Å². The van der Waals surface area contributed by atoms with Gasteiger partial charge in [0.1, 0.15) is 0 Å². The second-order valence-corrected chi connectivity index (χ2v) is 8.55. The first-order chi connectivity index (χ1) is 8.12. The molecule has 1 atom stereocenters. The molecule has 18 heavy (non-hydrogen) atoms. The summed E-state index contributed by atoms with van der Waals surface area (Å²) >= 11 is 3.40. The minimum Gasteiger partial charge on any atom is -0.212 e. The van der Waals surface area contributed by atoms with Crippen LogP contribution in [0.1, 0.15) is 33.3 Å². The minimum atomic E-state index is -3.40. The van der Waals surface area contributed by atoms with Crippen molar-refractivity contribution >= 4 is 26.0 Å².